The van der Waals surface area contributed by atoms with Gasteiger partial charge in [0.05, 0.1) is 16.4 Å². The molecule has 59 heavy (non-hydrogen) atoms. The number of rotatable bonds is 1. The normalized spacial score (nSPS) is 14.1. The Kier molecular flexibility index (Phi) is 6.66. The van der Waals surface area contributed by atoms with Crippen molar-refractivity contribution >= 4 is 94.8 Å². The van der Waals surface area contributed by atoms with Gasteiger partial charge in [0.2, 0.25) is 0 Å². The van der Waals surface area contributed by atoms with Crippen LogP contribution in [0.4, 0.5) is 11.4 Å². The van der Waals surface area contributed by atoms with Gasteiger partial charge in [-0.05, 0) is 98.0 Å². The van der Waals surface area contributed by atoms with Gasteiger partial charge in [-0.1, -0.05) is 129 Å². The summed E-state index contributed by atoms with van der Waals surface area (Å²) in [4.78, 5) is 2.62. The number of hydrogen-bond donors (Lipinski definition) is 0. The highest BCUT2D eigenvalue weighted by molar-refractivity contribution is 6.94. The van der Waals surface area contributed by atoms with Crippen LogP contribution in [0.3, 0.4) is 0 Å². The summed E-state index contributed by atoms with van der Waals surface area (Å²) >= 11 is 0. The first kappa shape index (κ1) is 34.8. The molecule has 0 saturated carbocycles. The number of aromatic nitrogens is 1. The average molecular weight is 767 g/mol. The third-order valence-electron chi connectivity index (χ3n) is 13.4. The van der Waals surface area contributed by atoms with Crippen LogP contribution in [-0.2, 0) is 16.2 Å². The number of fused-ring (bicyclic) bond motifs is 16. The van der Waals surface area contributed by atoms with Crippen LogP contribution in [0.1, 0.15) is 79.0 Å². The molecule has 0 atom stereocenters. The van der Waals surface area contributed by atoms with Crippen LogP contribution in [0, 0.1) is 0 Å². The van der Waals surface area contributed by atoms with Crippen molar-refractivity contribution in [1.82, 2.24) is 4.57 Å². The summed E-state index contributed by atoms with van der Waals surface area (Å²) in [6.45, 7) is 20.6. The van der Waals surface area contributed by atoms with Crippen molar-refractivity contribution in [2.24, 2.45) is 0 Å². The highest BCUT2D eigenvalue weighted by Crippen LogP contribution is 2.53. The molecule has 0 N–H and O–H groups in total. The molecular formula is C54H47BN2O2. The van der Waals surface area contributed by atoms with Gasteiger partial charge in [0.15, 0.2) is 0 Å². The number of para-hydroxylation sites is 2. The molecule has 5 heteroatoms. The van der Waals surface area contributed by atoms with Crippen LogP contribution < -0.4 is 15.7 Å². The van der Waals surface area contributed by atoms with E-state index in [0.717, 1.165) is 49.9 Å². The minimum Gasteiger partial charge on any atom is -0.456 e. The number of anilines is 2. The number of hydrogen-bond acceptors (Lipinski definition) is 3. The maximum absolute atomic E-state index is 7.16. The van der Waals surface area contributed by atoms with E-state index < -0.39 is 0 Å². The lowest BCUT2D eigenvalue weighted by atomic mass is 9.43. The summed E-state index contributed by atoms with van der Waals surface area (Å²) in [7, 11) is 0. The minimum absolute atomic E-state index is 0.0252. The van der Waals surface area contributed by atoms with E-state index in [2.05, 4.69) is 193 Å². The van der Waals surface area contributed by atoms with Crippen molar-refractivity contribution in [2.45, 2.75) is 78.6 Å². The fourth-order valence-corrected chi connectivity index (χ4v) is 10.3. The fraction of sp³-hybridized carbons (Fsp3) is 0.222. The fourth-order valence-electron chi connectivity index (χ4n) is 10.3. The van der Waals surface area contributed by atoms with Crippen molar-refractivity contribution in [3.05, 3.63) is 138 Å². The predicted octanol–water partition coefficient (Wildman–Crippen LogP) is 13.7. The first-order valence-corrected chi connectivity index (χ1v) is 21.1. The molecule has 288 valence electrons. The SMILES string of the molecule is CC(C)(C)c1ccc(N2B3c4cc(C(C)(C)C)ccc4-n4c5ccc(C(C)(C)C)cc5c5c6oc7ccccc7c6c(c3c54)-c3cc4c(cc32)oc2ccccc24)cc1. The Balaban J connectivity index is 1.34. The lowest BCUT2D eigenvalue weighted by molar-refractivity contribution is 0.590. The van der Waals surface area contributed by atoms with E-state index in [1.54, 1.807) is 0 Å². The molecule has 2 aliphatic rings. The van der Waals surface area contributed by atoms with Crippen molar-refractivity contribution in [3.8, 4) is 16.8 Å². The van der Waals surface area contributed by atoms with Gasteiger partial charge in [-0.15, -0.1) is 0 Å². The maximum Gasteiger partial charge on any atom is 0.333 e. The van der Waals surface area contributed by atoms with Crippen LogP contribution in [0.25, 0.3) is 82.5 Å². The summed E-state index contributed by atoms with van der Waals surface area (Å²) in [5.41, 5.74) is 18.5. The van der Waals surface area contributed by atoms with Gasteiger partial charge in [0, 0.05) is 55.6 Å². The molecule has 2 aliphatic heterocycles. The molecule has 0 amide bonds. The molecule has 12 rings (SSSR count). The smallest absolute Gasteiger partial charge is 0.333 e. The molecule has 0 radical (unpaired) electrons. The summed E-state index contributed by atoms with van der Waals surface area (Å²) < 4.78 is 16.4. The van der Waals surface area contributed by atoms with E-state index >= 15 is 0 Å². The summed E-state index contributed by atoms with van der Waals surface area (Å²) in [6, 6.07) is 45.5. The maximum atomic E-state index is 7.16. The van der Waals surface area contributed by atoms with E-state index in [1.807, 2.05) is 0 Å². The van der Waals surface area contributed by atoms with Crippen LogP contribution >= 0.6 is 0 Å². The second-order valence-corrected chi connectivity index (χ2v) is 20.2. The van der Waals surface area contributed by atoms with Gasteiger partial charge >= 0.3 is 6.85 Å². The van der Waals surface area contributed by atoms with E-state index in [-0.39, 0.29) is 23.1 Å². The highest BCUT2D eigenvalue weighted by Gasteiger charge is 2.46. The van der Waals surface area contributed by atoms with Gasteiger partial charge in [-0.2, -0.15) is 0 Å². The topological polar surface area (TPSA) is 34.5 Å². The minimum atomic E-state index is -0.142. The Morgan fingerprint density at radius 1 is 0.492 bits per heavy atom. The lowest BCUT2D eigenvalue weighted by Crippen LogP contribution is -2.60. The van der Waals surface area contributed by atoms with Crippen molar-refractivity contribution in [2.75, 3.05) is 4.81 Å². The van der Waals surface area contributed by atoms with Crippen LogP contribution in [0.2, 0.25) is 0 Å². The first-order valence-electron chi connectivity index (χ1n) is 21.1. The van der Waals surface area contributed by atoms with Gasteiger partial charge in [-0.25, -0.2) is 0 Å². The van der Waals surface area contributed by atoms with Crippen LogP contribution in [-0.4, -0.2) is 11.4 Å². The van der Waals surface area contributed by atoms with E-state index in [0.29, 0.717) is 0 Å². The standard InChI is InChI=1S/C54H47BN2O2/c1-52(2,3)30-18-22-33(23-19-30)57-42-29-45-36(34-14-10-12-16-43(34)58-45)28-38(42)46-47-35-15-11-13-17-44(35)59-51(47)48-37-26-31(53(4,5)6)20-24-40(37)56-41-25-21-32(54(7,8)9)27-39(41)55(57)49(46)50(48)56/h10-29H,1-9H3. The van der Waals surface area contributed by atoms with E-state index in [1.165, 1.54) is 71.6 Å². The van der Waals surface area contributed by atoms with Gasteiger partial charge in [0.1, 0.15) is 22.3 Å². The summed E-state index contributed by atoms with van der Waals surface area (Å²) in [5.74, 6) is 0. The largest absolute Gasteiger partial charge is 0.456 e. The molecule has 0 saturated heterocycles. The Morgan fingerprint density at radius 2 is 1.12 bits per heavy atom. The molecular weight excluding hydrogens is 719 g/mol. The van der Waals surface area contributed by atoms with E-state index in [9.17, 15) is 0 Å². The van der Waals surface area contributed by atoms with Crippen LogP contribution in [0.5, 0.6) is 0 Å². The summed E-state index contributed by atoms with van der Waals surface area (Å²) in [6.07, 6.45) is 0. The monoisotopic (exact) mass is 766 g/mol. The van der Waals surface area contributed by atoms with Crippen molar-refractivity contribution in [3.63, 3.8) is 0 Å². The molecule has 4 nitrogen and oxygen atoms in total. The van der Waals surface area contributed by atoms with Gasteiger partial charge in [-0.3, -0.25) is 0 Å². The molecule has 0 bridgehead atoms. The molecule has 0 spiro atoms. The number of benzene rings is 7. The molecule has 3 aromatic heterocycles. The number of furan rings is 2. The Morgan fingerprint density at radius 3 is 1.83 bits per heavy atom. The highest BCUT2D eigenvalue weighted by atomic mass is 16.3. The zero-order valence-corrected chi connectivity index (χ0v) is 35.3. The van der Waals surface area contributed by atoms with E-state index in [4.69, 9.17) is 8.83 Å². The average Bonchev–Trinajstić information content (AvgIpc) is 3.88. The molecule has 0 unspecified atom stereocenters. The third kappa shape index (κ3) is 4.67. The van der Waals surface area contributed by atoms with Crippen LogP contribution in [0.15, 0.2) is 130 Å². The summed E-state index contributed by atoms with van der Waals surface area (Å²) in [5, 5.41) is 6.99. The Labute approximate surface area is 345 Å². The molecule has 0 fully saturated rings. The van der Waals surface area contributed by atoms with Crippen molar-refractivity contribution in [1.29, 1.82) is 0 Å². The second-order valence-electron chi connectivity index (χ2n) is 20.2. The quantitative estimate of drug-likeness (QED) is 0.156. The zero-order valence-electron chi connectivity index (χ0n) is 35.3. The predicted molar refractivity (Wildman–Crippen MR) is 250 cm³/mol. The first-order chi connectivity index (χ1) is 28.2. The third-order valence-corrected chi connectivity index (χ3v) is 13.4. The molecule has 5 heterocycles. The second kappa shape index (κ2) is 11.3. The zero-order chi connectivity index (χ0) is 40.5. The number of nitrogens with zero attached hydrogens (tertiary/aromatic N) is 2. The van der Waals surface area contributed by atoms with Gasteiger partial charge < -0.3 is 18.2 Å². The molecule has 0 aliphatic carbocycles. The van der Waals surface area contributed by atoms with Gasteiger partial charge in [0.25, 0.3) is 0 Å². The Hall–Kier alpha value is -6.20. The molecule has 7 aromatic carbocycles. The molecule has 10 aromatic rings. The van der Waals surface area contributed by atoms with Crippen molar-refractivity contribution < 1.29 is 8.83 Å². The Bertz CT molecular complexity index is 3450. The lowest BCUT2D eigenvalue weighted by Gasteiger charge is -2.42.